The van der Waals surface area contributed by atoms with Crippen molar-refractivity contribution in [2.45, 2.75) is 26.8 Å². The summed E-state index contributed by atoms with van der Waals surface area (Å²) in [6.45, 7) is 6.44. The third-order valence-electron chi connectivity index (χ3n) is 4.52. The van der Waals surface area contributed by atoms with E-state index in [2.05, 4.69) is 28.1 Å². The lowest BCUT2D eigenvalue weighted by Crippen LogP contribution is -2.31. The Balaban J connectivity index is 2.03. The monoisotopic (exact) mass is 364 g/mol. The Morgan fingerprint density at radius 1 is 1.37 bits per heavy atom. The zero-order valence-corrected chi connectivity index (χ0v) is 15.8. The minimum absolute atomic E-state index is 0.167. The molecule has 140 valence electrons. The zero-order chi connectivity index (χ0) is 19.4. The van der Waals surface area contributed by atoms with Gasteiger partial charge in [0, 0.05) is 36.5 Å². The van der Waals surface area contributed by atoms with Crippen LogP contribution in [0.4, 0.5) is 17.1 Å². The van der Waals surface area contributed by atoms with Crippen molar-refractivity contribution in [1.82, 2.24) is 0 Å². The second-order valence-electron chi connectivity index (χ2n) is 6.66. The molecule has 2 aromatic rings. The SMILES string of the molecule is CCOc1cc2c(cc1NC(C)=O)C(Nc1cccc(C)c1)C(C#N)CN2. The molecule has 6 heteroatoms. The standard InChI is InChI=1S/C21H24N4O2/c1-4-27-20-10-18-17(9-19(20)24-14(3)26)21(15(11-22)12-23-18)25-16-7-5-6-13(2)8-16/h5-10,15,21,23,25H,4,12H2,1-3H3,(H,24,26). The van der Waals surface area contributed by atoms with Gasteiger partial charge in [-0.3, -0.25) is 4.79 Å². The molecule has 0 spiro atoms. The number of anilines is 3. The number of carbonyl (C=O) groups is 1. The fraction of sp³-hybridized carbons (Fsp3) is 0.333. The molecule has 0 fully saturated rings. The van der Waals surface area contributed by atoms with Crippen LogP contribution in [0.2, 0.25) is 0 Å². The molecule has 6 nitrogen and oxygen atoms in total. The predicted molar refractivity (Wildman–Crippen MR) is 107 cm³/mol. The first-order chi connectivity index (χ1) is 13.0. The van der Waals surface area contributed by atoms with E-state index in [1.165, 1.54) is 6.92 Å². The third kappa shape index (κ3) is 4.14. The van der Waals surface area contributed by atoms with Crippen LogP contribution < -0.4 is 20.7 Å². The van der Waals surface area contributed by atoms with E-state index in [0.717, 1.165) is 22.5 Å². The Kier molecular flexibility index (Phi) is 5.51. The van der Waals surface area contributed by atoms with Gasteiger partial charge in [-0.1, -0.05) is 12.1 Å². The van der Waals surface area contributed by atoms with Crippen molar-refractivity contribution in [2.24, 2.45) is 5.92 Å². The van der Waals surface area contributed by atoms with Crippen molar-refractivity contribution in [3.05, 3.63) is 47.5 Å². The molecule has 0 aromatic heterocycles. The molecule has 0 saturated heterocycles. The Labute approximate surface area is 159 Å². The molecule has 0 saturated carbocycles. The van der Waals surface area contributed by atoms with Crippen molar-refractivity contribution in [3.63, 3.8) is 0 Å². The quantitative estimate of drug-likeness (QED) is 0.744. The summed E-state index contributed by atoms with van der Waals surface area (Å²) in [5.41, 5.74) is 4.56. The van der Waals surface area contributed by atoms with Crippen LogP contribution in [0.1, 0.15) is 31.0 Å². The highest BCUT2D eigenvalue weighted by Gasteiger charge is 2.31. The Hall–Kier alpha value is -3.20. The number of benzene rings is 2. The summed E-state index contributed by atoms with van der Waals surface area (Å²) in [7, 11) is 0. The van der Waals surface area contributed by atoms with E-state index < -0.39 is 0 Å². The molecule has 3 rings (SSSR count). The molecule has 1 aliphatic heterocycles. The molecule has 1 aliphatic rings. The number of nitriles is 1. The Bertz CT molecular complexity index is 888. The number of fused-ring (bicyclic) bond motifs is 1. The fourth-order valence-electron chi connectivity index (χ4n) is 3.34. The number of amides is 1. The van der Waals surface area contributed by atoms with Gasteiger partial charge in [0.25, 0.3) is 0 Å². The van der Waals surface area contributed by atoms with E-state index in [0.29, 0.717) is 24.6 Å². The van der Waals surface area contributed by atoms with Crippen LogP contribution in [-0.2, 0) is 4.79 Å². The van der Waals surface area contributed by atoms with Gasteiger partial charge in [-0.2, -0.15) is 5.26 Å². The number of rotatable bonds is 5. The molecule has 0 aliphatic carbocycles. The van der Waals surface area contributed by atoms with Crippen LogP contribution in [-0.4, -0.2) is 19.1 Å². The van der Waals surface area contributed by atoms with Gasteiger partial charge in [0.1, 0.15) is 5.75 Å². The number of carbonyl (C=O) groups excluding carboxylic acids is 1. The largest absolute Gasteiger partial charge is 0.492 e. The Morgan fingerprint density at radius 3 is 2.85 bits per heavy atom. The summed E-state index contributed by atoms with van der Waals surface area (Å²) in [6.07, 6.45) is 0. The summed E-state index contributed by atoms with van der Waals surface area (Å²) in [4.78, 5) is 11.6. The molecular formula is C21H24N4O2. The maximum atomic E-state index is 11.6. The van der Waals surface area contributed by atoms with Gasteiger partial charge in [0.2, 0.25) is 5.91 Å². The highest BCUT2D eigenvalue weighted by atomic mass is 16.5. The first-order valence-corrected chi connectivity index (χ1v) is 9.06. The third-order valence-corrected chi connectivity index (χ3v) is 4.52. The fourth-order valence-corrected chi connectivity index (χ4v) is 3.34. The molecular weight excluding hydrogens is 340 g/mol. The Morgan fingerprint density at radius 2 is 2.19 bits per heavy atom. The first kappa shape index (κ1) is 18.6. The van der Waals surface area contributed by atoms with Gasteiger partial charge in [-0.05, 0) is 37.6 Å². The zero-order valence-electron chi connectivity index (χ0n) is 15.8. The van der Waals surface area contributed by atoms with E-state index in [1.54, 1.807) is 0 Å². The summed E-state index contributed by atoms with van der Waals surface area (Å²) >= 11 is 0. The minimum atomic E-state index is -0.249. The van der Waals surface area contributed by atoms with E-state index in [9.17, 15) is 10.1 Å². The van der Waals surface area contributed by atoms with Gasteiger partial charge in [0.05, 0.1) is 30.3 Å². The molecule has 2 unspecified atom stereocenters. The molecule has 0 bridgehead atoms. The van der Waals surface area contributed by atoms with Crippen molar-refractivity contribution in [2.75, 3.05) is 29.1 Å². The van der Waals surface area contributed by atoms with Crippen LogP contribution in [0, 0.1) is 24.2 Å². The lowest BCUT2D eigenvalue weighted by molar-refractivity contribution is -0.114. The molecule has 2 aromatic carbocycles. The normalized spacial score (nSPS) is 17.9. The minimum Gasteiger partial charge on any atom is -0.492 e. The second kappa shape index (κ2) is 8.00. The summed E-state index contributed by atoms with van der Waals surface area (Å²) in [5, 5.41) is 19.3. The highest BCUT2D eigenvalue weighted by molar-refractivity contribution is 5.91. The number of nitrogens with zero attached hydrogens (tertiary/aromatic N) is 1. The smallest absolute Gasteiger partial charge is 0.221 e. The molecule has 3 N–H and O–H groups in total. The van der Waals surface area contributed by atoms with E-state index >= 15 is 0 Å². The van der Waals surface area contributed by atoms with Crippen molar-refractivity contribution in [3.8, 4) is 11.8 Å². The van der Waals surface area contributed by atoms with Crippen LogP contribution in [0.15, 0.2) is 36.4 Å². The lowest BCUT2D eigenvalue weighted by Gasteiger charge is -2.33. The lowest BCUT2D eigenvalue weighted by atomic mass is 9.88. The molecule has 27 heavy (non-hydrogen) atoms. The highest BCUT2D eigenvalue weighted by Crippen LogP contribution is 2.41. The molecule has 1 amide bonds. The van der Waals surface area contributed by atoms with Gasteiger partial charge >= 0.3 is 0 Å². The van der Waals surface area contributed by atoms with Gasteiger partial charge in [-0.25, -0.2) is 0 Å². The number of hydrogen-bond donors (Lipinski definition) is 3. The molecule has 1 heterocycles. The van der Waals surface area contributed by atoms with Gasteiger partial charge < -0.3 is 20.7 Å². The van der Waals surface area contributed by atoms with Crippen molar-refractivity contribution in [1.29, 1.82) is 5.26 Å². The van der Waals surface area contributed by atoms with Crippen LogP contribution in [0.5, 0.6) is 5.75 Å². The van der Waals surface area contributed by atoms with E-state index in [4.69, 9.17) is 4.74 Å². The summed E-state index contributed by atoms with van der Waals surface area (Å²) < 4.78 is 5.69. The van der Waals surface area contributed by atoms with E-state index in [-0.39, 0.29) is 17.9 Å². The van der Waals surface area contributed by atoms with Crippen molar-refractivity contribution >= 4 is 23.0 Å². The second-order valence-corrected chi connectivity index (χ2v) is 6.66. The average molecular weight is 364 g/mol. The number of aryl methyl sites for hydroxylation is 1. The van der Waals surface area contributed by atoms with Gasteiger partial charge in [-0.15, -0.1) is 0 Å². The maximum absolute atomic E-state index is 11.6. The number of ether oxygens (including phenoxy) is 1. The van der Waals surface area contributed by atoms with Gasteiger partial charge in [0.15, 0.2) is 0 Å². The summed E-state index contributed by atoms with van der Waals surface area (Å²) in [6, 6.07) is 14.0. The van der Waals surface area contributed by atoms with E-state index in [1.807, 2.05) is 44.2 Å². The number of nitrogens with one attached hydrogen (secondary N) is 3. The molecule has 2 atom stereocenters. The average Bonchev–Trinajstić information content (AvgIpc) is 2.62. The maximum Gasteiger partial charge on any atom is 0.221 e. The van der Waals surface area contributed by atoms with Crippen molar-refractivity contribution < 1.29 is 9.53 Å². The number of hydrogen-bond acceptors (Lipinski definition) is 5. The van der Waals surface area contributed by atoms with Crippen LogP contribution in [0.25, 0.3) is 0 Å². The topological polar surface area (TPSA) is 86.2 Å². The molecule has 0 radical (unpaired) electrons. The summed E-state index contributed by atoms with van der Waals surface area (Å²) in [5.74, 6) is 0.199. The first-order valence-electron chi connectivity index (χ1n) is 9.06. The van der Waals surface area contributed by atoms with Crippen LogP contribution in [0.3, 0.4) is 0 Å². The van der Waals surface area contributed by atoms with Crippen LogP contribution >= 0.6 is 0 Å². The predicted octanol–water partition coefficient (Wildman–Crippen LogP) is 4.07.